The van der Waals surface area contributed by atoms with E-state index < -0.39 is 0 Å². The van der Waals surface area contributed by atoms with Crippen molar-refractivity contribution in [3.05, 3.63) is 12.3 Å². The summed E-state index contributed by atoms with van der Waals surface area (Å²) < 4.78 is 10.9. The minimum atomic E-state index is -0.353. The van der Waals surface area contributed by atoms with E-state index in [0.29, 0.717) is 13.2 Å². The number of nitrogens with zero attached hydrogens (tertiary/aromatic N) is 2. The fraction of sp³-hybridized carbons (Fsp3) is 0.750. The Morgan fingerprint density at radius 3 is 2.56 bits per heavy atom. The standard InChI is InChI=1S/C12H22N2O4/c1-5-17-8-14-11(18-6-2)10(4)13(12(14)16)7-9(3)15/h10-11,15H,3,5-8H2,1-2,4H3. The van der Waals surface area contributed by atoms with Gasteiger partial charge in [-0.15, -0.1) is 0 Å². The molecule has 2 atom stereocenters. The maximum Gasteiger partial charge on any atom is 0.324 e. The highest BCUT2D eigenvalue weighted by Gasteiger charge is 2.44. The van der Waals surface area contributed by atoms with Gasteiger partial charge in [0.1, 0.15) is 12.5 Å². The van der Waals surface area contributed by atoms with Crippen molar-refractivity contribution in [2.45, 2.75) is 33.0 Å². The summed E-state index contributed by atoms with van der Waals surface area (Å²) >= 11 is 0. The van der Waals surface area contributed by atoms with Crippen molar-refractivity contribution >= 4 is 6.03 Å². The molecule has 1 aliphatic heterocycles. The fourth-order valence-corrected chi connectivity index (χ4v) is 1.99. The van der Waals surface area contributed by atoms with E-state index in [9.17, 15) is 9.90 Å². The lowest BCUT2D eigenvalue weighted by Gasteiger charge is -2.24. The molecule has 104 valence electrons. The molecule has 2 amide bonds. The molecule has 0 radical (unpaired) electrons. The molecule has 0 saturated carbocycles. The Morgan fingerprint density at radius 1 is 1.39 bits per heavy atom. The van der Waals surface area contributed by atoms with E-state index in [-0.39, 0.29) is 37.3 Å². The number of urea groups is 1. The minimum absolute atomic E-state index is 0.0382. The van der Waals surface area contributed by atoms with Crippen molar-refractivity contribution in [2.75, 3.05) is 26.5 Å². The smallest absolute Gasteiger partial charge is 0.324 e. The number of carbonyl (C=O) groups excluding carboxylic acids is 1. The topological polar surface area (TPSA) is 62.2 Å². The van der Waals surface area contributed by atoms with Crippen LogP contribution in [0.25, 0.3) is 0 Å². The zero-order valence-electron chi connectivity index (χ0n) is 11.3. The number of amides is 2. The summed E-state index contributed by atoms with van der Waals surface area (Å²) in [6.45, 7) is 10.4. The van der Waals surface area contributed by atoms with Gasteiger partial charge in [0.15, 0.2) is 6.23 Å². The first-order valence-corrected chi connectivity index (χ1v) is 6.16. The Bertz CT molecular complexity index is 308. The molecular formula is C12H22N2O4. The van der Waals surface area contributed by atoms with Crippen molar-refractivity contribution in [1.29, 1.82) is 0 Å². The molecule has 1 fully saturated rings. The summed E-state index contributed by atoms with van der Waals surface area (Å²) in [6.07, 6.45) is -0.353. The van der Waals surface area contributed by atoms with Gasteiger partial charge in [-0.3, -0.25) is 4.90 Å². The molecule has 0 aromatic carbocycles. The molecule has 1 saturated heterocycles. The van der Waals surface area contributed by atoms with Crippen LogP contribution in [-0.4, -0.2) is 59.7 Å². The zero-order valence-corrected chi connectivity index (χ0v) is 11.3. The molecule has 0 spiro atoms. The summed E-state index contributed by atoms with van der Waals surface area (Å²) in [5.41, 5.74) is 0. The summed E-state index contributed by atoms with van der Waals surface area (Å²) in [5.74, 6) is -0.0382. The average Bonchev–Trinajstić information content (AvgIpc) is 2.52. The molecule has 1 aliphatic rings. The summed E-state index contributed by atoms with van der Waals surface area (Å²) in [4.78, 5) is 15.2. The van der Waals surface area contributed by atoms with Crippen LogP contribution in [0.15, 0.2) is 12.3 Å². The van der Waals surface area contributed by atoms with Crippen LogP contribution in [0.1, 0.15) is 20.8 Å². The molecule has 0 aliphatic carbocycles. The van der Waals surface area contributed by atoms with Gasteiger partial charge in [-0.05, 0) is 20.8 Å². The van der Waals surface area contributed by atoms with Gasteiger partial charge < -0.3 is 19.5 Å². The maximum absolute atomic E-state index is 12.2. The first-order chi connectivity index (χ1) is 8.52. The van der Waals surface area contributed by atoms with Crippen LogP contribution in [-0.2, 0) is 9.47 Å². The molecule has 0 aromatic rings. The summed E-state index contributed by atoms with van der Waals surface area (Å²) in [7, 11) is 0. The van der Waals surface area contributed by atoms with Gasteiger partial charge in [-0.1, -0.05) is 6.58 Å². The first-order valence-electron chi connectivity index (χ1n) is 6.16. The lowest BCUT2D eigenvalue weighted by Crippen LogP contribution is -2.39. The van der Waals surface area contributed by atoms with E-state index in [2.05, 4.69) is 6.58 Å². The van der Waals surface area contributed by atoms with Gasteiger partial charge in [0.05, 0.1) is 12.6 Å². The Balaban J connectivity index is 2.79. The van der Waals surface area contributed by atoms with Crippen LogP contribution in [0.4, 0.5) is 4.79 Å². The third-order valence-electron chi connectivity index (χ3n) is 2.83. The first kappa shape index (κ1) is 14.8. The molecule has 1 heterocycles. The highest BCUT2D eigenvalue weighted by molar-refractivity contribution is 5.77. The lowest BCUT2D eigenvalue weighted by molar-refractivity contribution is -0.0703. The number of ether oxygens (including phenoxy) is 2. The lowest BCUT2D eigenvalue weighted by atomic mass is 10.3. The number of hydrogen-bond acceptors (Lipinski definition) is 4. The second kappa shape index (κ2) is 6.61. The number of aliphatic hydroxyl groups excluding tert-OH is 1. The van der Waals surface area contributed by atoms with Gasteiger partial charge in [0, 0.05) is 13.2 Å². The normalized spacial score (nSPS) is 23.8. The number of aliphatic hydroxyl groups is 1. The van der Waals surface area contributed by atoms with E-state index in [4.69, 9.17) is 9.47 Å². The van der Waals surface area contributed by atoms with E-state index in [1.807, 2.05) is 20.8 Å². The van der Waals surface area contributed by atoms with Crippen LogP contribution in [0.3, 0.4) is 0 Å². The summed E-state index contributed by atoms with van der Waals surface area (Å²) in [6, 6.07) is -0.355. The van der Waals surface area contributed by atoms with Crippen LogP contribution >= 0.6 is 0 Å². The van der Waals surface area contributed by atoms with E-state index in [1.165, 1.54) is 9.80 Å². The average molecular weight is 258 g/mol. The third-order valence-corrected chi connectivity index (χ3v) is 2.83. The molecule has 0 bridgehead atoms. The molecule has 6 nitrogen and oxygen atoms in total. The molecular weight excluding hydrogens is 236 g/mol. The Labute approximate surface area is 108 Å². The van der Waals surface area contributed by atoms with Crippen LogP contribution in [0.2, 0.25) is 0 Å². The van der Waals surface area contributed by atoms with Gasteiger partial charge in [0.25, 0.3) is 0 Å². The van der Waals surface area contributed by atoms with Gasteiger partial charge in [0.2, 0.25) is 0 Å². The van der Waals surface area contributed by atoms with E-state index in [1.54, 1.807) is 0 Å². The van der Waals surface area contributed by atoms with Gasteiger partial charge in [-0.2, -0.15) is 0 Å². The van der Waals surface area contributed by atoms with E-state index in [0.717, 1.165) is 0 Å². The van der Waals surface area contributed by atoms with Crippen molar-refractivity contribution in [3.8, 4) is 0 Å². The monoisotopic (exact) mass is 258 g/mol. The SMILES string of the molecule is C=C(O)CN1C(=O)N(COCC)C(OCC)C1C. The largest absolute Gasteiger partial charge is 0.511 e. The molecule has 2 unspecified atom stereocenters. The van der Waals surface area contributed by atoms with Crippen LogP contribution < -0.4 is 0 Å². The Morgan fingerprint density at radius 2 is 2.06 bits per heavy atom. The Hall–Kier alpha value is -1.27. The van der Waals surface area contributed by atoms with Gasteiger partial charge >= 0.3 is 6.03 Å². The maximum atomic E-state index is 12.2. The van der Waals surface area contributed by atoms with Crippen molar-refractivity contribution in [3.63, 3.8) is 0 Å². The molecule has 18 heavy (non-hydrogen) atoms. The molecule has 1 rings (SSSR count). The number of hydrogen-bond donors (Lipinski definition) is 1. The predicted octanol–water partition coefficient (Wildman–Crippen LogP) is 1.54. The minimum Gasteiger partial charge on any atom is -0.511 e. The fourth-order valence-electron chi connectivity index (χ4n) is 1.99. The third kappa shape index (κ3) is 3.14. The highest BCUT2D eigenvalue weighted by atomic mass is 16.5. The van der Waals surface area contributed by atoms with Crippen LogP contribution in [0.5, 0.6) is 0 Å². The van der Waals surface area contributed by atoms with Crippen molar-refractivity contribution < 1.29 is 19.4 Å². The quantitative estimate of drug-likeness (QED) is 0.704. The van der Waals surface area contributed by atoms with E-state index >= 15 is 0 Å². The molecule has 0 aromatic heterocycles. The van der Waals surface area contributed by atoms with Crippen molar-refractivity contribution in [1.82, 2.24) is 9.80 Å². The molecule has 1 N–H and O–H groups in total. The van der Waals surface area contributed by atoms with Crippen LogP contribution in [0, 0.1) is 0 Å². The summed E-state index contributed by atoms with van der Waals surface area (Å²) in [5, 5.41) is 9.25. The predicted molar refractivity (Wildman–Crippen MR) is 67.1 cm³/mol. The van der Waals surface area contributed by atoms with Gasteiger partial charge in [-0.25, -0.2) is 4.79 Å². The second-order valence-electron chi connectivity index (χ2n) is 4.15. The zero-order chi connectivity index (χ0) is 13.7. The van der Waals surface area contributed by atoms with Crippen molar-refractivity contribution in [2.24, 2.45) is 0 Å². The highest BCUT2D eigenvalue weighted by Crippen LogP contribution is 2.24. The second-order valence-corrected chi connectivity index (χ2v) is 4.15. The molecule has 6 heteroatoms. The number of rotatable bonds is 7. The number of carbonyl (C=O) groups is 1. The Kier molecular flexibility index (Phi) is 5.43.